The molecule has 0 unspecified atom stereocenters. The van der Waals surface area contributed by atoms with Crippen LogP contribution in [0.5, 0.6) is 0 Å². The van der Waals surface area contributed by atoms with Crippen molar-refractivity contribution < 1.29 is 9.59 Å². The summed E-state index contributed by atoms with van der Waals surface area (Å²) in [5.74, 6) is -0.235. The molecule has 0 radical (unpaired) electrons. The fraction of sp³-hybridized carbons (Fsp3) is 0.286. The van der Waals surface area contributed by atoms with Crippen LogP contribution in [0, 0.1) is 0 Å². The predicted molar refractivity (Wildman–Crippen MR) is 74.0 cm³/mol. The molecule has 19 heavy (non-hydrogen) atoms. The van der Waals surface area contributed by atoms with Gasteiger partial charge in [-0.2, -0.15) is 0 Å². The molecule has 1 aliphatic heterocycles. The van der Waals surface area contributed by atoms with E-state index in [9.17, 15) is 9.59 Å². The van der Waals surface area contributed by atoms with Gasteiger partial charge in [-0.15, -0.1) is 0 Å². The summed E-state index contributed by atoms with van der Waals surface area (Å²) in [5, 5.41) is 8.47. The van der Waals surface area contributed by atoms with Gasteiger partial charge in [0, 0.05) is 37.0 Å². The monoisotopic (exact) mass is 259 g/mol. The van der Waals surface area contributed by atoms with Gasteiger partial charge >= 0.3 is 0 Å². The number of anilines is 1. The first kappa shape index (κ1) is 13.3. The van der Waals surface area contributed by atoms with E-state index in [1.54, 1.807) is 31.3 Å². The third-order valence-electron chi connectivity index (χ3n) is 3.18. The van der Waals surface area contributed by atoms with Gasteiger partial charge in [-0.05, 0) is 36.8 Å². The molecule has 1 aliphatic rings. The Balaban J connectivity index is 2.03. The van der Waals surface area contributed by atoms with Crippen molar-refractivity contribution in [2.75, 3.05) is 25.5 Å². The number of carbonyl (C=O) groups excluding carboxylic acids is 2. The minimum atomic E-state index is -0.142. The maximum Gasteiger partial charge on any atom is 0.251 e. The van der Waals surface area contributed by atoms with E-state index >= 15 is 0 Å². The fourth-order valence-corrected chi connectivity index (χ4v) is 1.75. The number of hydrogen-bond acceptors (Lipinski definition) is 3. The quantitative estimate of drug-likeness (QED) is 0.706. The highest BCUT2D eigenvalue weighted by molar-refractivity contribution is 6.04. The lowest BCUT2D eigenvalue weighted by Crippen LogP contribution is -2.36. The van der Waals surface area contributed by atoms with Gasteiger partial charge < -0.3 is 16.0 Å². The maximum atomic E-state index is 11.9. The second kappa shape index (κ2) is 5.67. The molecule has 3 N–H and O–H groups in total. The second-order valence-electron chi connectivity index (χ2n) is 4.44. The van der Waals surface area contributed by atoms with Crippen molar-refractivity contribution in [3.8, 4) is 0 Å². The van der Waals surface area contributed by atoms with E-state index in [0.29, 0.717) is 11.3 Å². The molecule has 0 atom stereocenters. The van der Waals surface area contributed by atoms with E-state index in [-0.39, 0.29) is 11.8 Å². The standard InChI is InChI=1S/C14H17N3O2/c1-9(11-7-16-8-11)13(18)17-12-5-3-10(4-6-12)14(19)15-2/h3-6,16H,7-8H2,1-2H3,(H,15,19)(H,17,18). The molecule has 0 aliphatic carbocycles. The summed E-state index contributed by atoms with van der Waals surface area (Å²) in [7, 11) is 1.58. The summed E-state index contributed by atoms with van der Waals surface area (Å²) < 4.78 is 0. The first-order valence-corrected chi connectivity index (χ1v) is 6.14. The minimum Gasteiger partial charge on any atom is -0.355 e. The van der Waals surface area contributed by atoms with E-state index in [2.05, 4.69) is 16.0 Å². The summed E-state index contributed by atoms with van der Waals surface area (Å²) in [6.45, 7) is 3.40. The third kappa shape index (κ3) is 3.00. The SMILES string of the molecule is CNC(=O)c1ccc(NC(=O)C(C)=C2CNC2)cc1. The van der Waals surface area contributed by atoms with Crippen LogP contribution in [-0.2, 0) is 4.79 Å². The van der Waals surface area contributed by atoms with Crippen LogP contribution in [0.3, 0.4) is 0 Å². The summed E-state index contributed by atoms with van der Waals surface area (Å²) in [5.41, 5.74) is 3.15. The summed E-state index contributed by atoms with van der Waals surface area (Å²) in [4.78, 5) is 23.3. The van der Waals surface area contributed by atoms with Gasteiger partial charge in [-0.3, -0.25) is 9.59 Å². The molecule has 1 aromatic carbocycles. The van der Waals surface area contributed by atoms with Crippen molar-refractivity contribution in [2.45, 2.75) is 6.92 Å². The number of hydrogen-bond donors (Lipinski definition) is 3. The number of benzene rings is 1. The molecule has 1 aromatic rings. The molecule has 1 saturated heterocycles. The second-order valence-corrected chi connectivity index (χ2v) is 4.44. The normalized spacial score (nSPS) is 13.5. The Labute approximate surface area is 112 Å². The van der Waals surface area contributed by atoms with Crippen LogP contribution in [-0.4, -0.2) is 32.0 Å². The third-order valence-corrected chi connectivity index (χ3v) is 3.18. The zero-order valence-electron chi connectivity index (χ0n) is 11.0. The zero-order chi connectivity index (χ0) is 13.8. The minimum absolute atomic E-state index is 0.0933. The largest absolute Gasteiger partial charge is 0.355 e. The molecular formula is C14H17N3O2. The molecule has 0 saturated carbocycles. The van der Waals surface area contributed by atoms with E-state index in [0.717, 1.165) is 24.2 Å². The smallest absolute Gasteiger partial charge is 0.251 e. The summed E-state index contributed by atoms with van der Waals surface area (Å²) >= 11 is 0. The highest BCUT2D eigenvalue weighted by Crippen LogP contribution is 2.14. The van der Waals surface area contributed by atoms with Gasteiger partial charge in [0.25, 0.3) is 11.8 Å². The number of rotatable bonds is 3. The van der Waals surface area contributed by atoms with Crippen molar-refractivity contribution in [1.82, 2.24) is 10.6 Å². The summed E-state index contributed by atoms with van der Waals surface area (Å²) in [6.07, 6.45) is 0. The van der Waals surface area contributed by atoms with Crippen molar-refractivity contribution in [1.29, 1.82) is 0 Å². The Morgan fingerprint density at radius 2 is 1.79 bits per heavy atom. The lowest BCUT2D eigenvalue weighted by atomic mass is 10.0. The van der Waals surface area contributed by atoms with Crippen molar-refractivity contribution in [2.24, 2.45) is 0 Å². The zero-order valence-corrected chi connectivity index (χ0v) is 11.0. The Bertz CT molecular complexity index is 526. The summed E-state index contributed by atoms with van der Waals surface area (Å²) in [6, 6.07) is 6.81. The van der Waals surface area contributed by atoms with Crippen molar-refractivity contribution >= 4 is 17.5 Å². The average Bonchev–Trinajstić information content (AvgIpc) is 2.36. The van der Waals surface area contributed by atoms with Crippen LogP contribution in [0.15, 0.2) is 35.4 Å². The van der Waals surface area contributed by atoms with Crippen LogP contribution < -0.4 is 16.0 Å². The molecule has 0 bridgehead atoms. The average molecular weight is 259 g/mol. The van der Waals surface area contributed by atoms with E-state index in [1.807, 2.05) is 6.92 Å². The lowest BCUT2D eigenvalue weighted by Gasteiger charge is -2.21. The van der Waals surface area contributed by atoms with Gasteiger partial charge in [-0.25, -0.2) is 0 Å². The van der Waals surface area contributed by atoms with Gasteiger partial charge in [-0.1, -0.05) is 0 Å². The highest BCUT2D eigenvalue weighted by Gasteiger charge is 2.16. The molecular weight excluding hydrogens is 242 g/mol. The van der Waals surface area contributed by atoms with Crippen LogP contribution >= 0.6 is 0 Å². The molecule has 0 spiro atoms. The molecule has 5 nitrogen and oxygen atoms in total. The number of carbonyl (C=O) groups is 2. The van der Waals surface area contributed by atoms with Gasteiger partial charge in [0.05, 0.1) is 0 Å². The Morgan fingerprint density at radius 3 is 2.26 bits per heavy atom. The van der Waals surface area contributed by atoms with Gasteiger partial charge in [0.2, 0.25) is 0 Å². The highest BCUT2D eigenvalue weighted by atomic mass is 16.2. The first-order chi connectivity index (χ1) is 9.11. The molecule has 100 valence electrons. The van der Waals surface area contributed by atoms with E-state index in [4.69, 9.17) is 0 Å². The molecule has 2 rings (SSSR count). The van der Waals surface area contributed by atoms with E-state index < -0.39 is 0 Å². The molecule has 2 amide bonds. The Kier molecular flexibility index (Phi) is 3.97. The Morgan fingerprint density at radius 1 is 1.16 bits per heavy atom. The number of amides is 2. The maximum absolute atomic E-state index is 11.9. The molecule has 0 aromatic heterocycles. The van der Waals surface area contributed by atoms with Gasteiger partial charge in [0.1, 0.15) is 0 Å². The Hall–Kier alpha value is -2.14. The van der Waals surface area contributed by atoms with Crippen LogP contribution in [0.25, 0.3) is 0 Å². The molecule has 1 heterocycles. The lowest BCUT2D eigenvalue weighted by molar-refractivity contribution is -0.112. The van der Waals surface area contributed by atoms with E-state index in [1.165, 1.54) is 0 Å². The predicted octanol–water partition coefficient (Wildman–Crippen LogP) is 0.904. The molecule has 5 heteroatoms. The van der Waals surface area contributed by atoms with Crippen LogP contribution in [0.1, 0.15) is 17.3 Å². The van der Waals surface area contributed by atoms with Crippen molar-refractivity contribution in [3.63, 3.8) is 0 Å². The fourth-order valence-electron chi connectivity index (χ4n) is 1.75. The van der Waals surface area contributed by atoms with Crippen LogP contribution in [0.2, 0.25) is 0 Å². The number of nitrogens with one attached hydrogen (secondary N) is 3. The van der Waals surface area contributed by atoms with Gasteiger partial charge in [0.15, 0.2) is 0 Å². The van der Waals surface area contributed by atoms with Crippen molar-refractivity contribution in [3.05, 3.63) is 41.0 Å². The van der Waals surface area contributed by atoms with Crippen LogP contribution in [0.4, 0.5) is 5.69 Å². The first-order valence-electron chi connectivity index (χ1n) is 6.14. The topological polar surface area (TPSA) is 70.2 Å². The molecule has 1 fully saturated rings.